The molecule has 0 radical (unpaired) electrons. The van der Waals surface area contributed by atoms with Crippen LogP contribution >= 0.6 is 7.37 Å². The van der Waals surface area contributed by atoms with Crippen molar-refractivity contribution in [3.8, 4) is 0 Å². The van der Waals surface area contributed by atoms with E-state index in [1.54, 1.807) is 0 Å². The van der Waals surface area contributed by atoms with Gasteiger partial charge < -0.3 is 14.2 Å². The van der Waals surface area contributed by atoms with Crippen LogP contribution in [0.4, 0.5) is 0 Å². The fraction of sp³-hybridized carbons (Fsp3) is 0.500. The van der Waals surface area contributed by atoms with Crippen molar-refractivity contribution in [1.29, 1.82) is 0 Å². The summed E-state index contributed by atoms with van der Waals surface area (Å²) in [6, 6.07) is 0. The molecule has 0 aliphatic heterocycles. The smallest absolute Gasteiger partial charge is 0.794 e. The molecular formula is C4H8NaO3P. The first-order valence-corrected chi connectivity index (χ1v) is 4.07. The van der Waals surface area contributed by atoms with E-state index < -0.39 is 7.37 Å². The van der Waals surface area contributed by atoms with Crippen molar-refractivity contribution in [3.05, 3.63) is 12.1 Å². The van der Waals surface area contributed by atoms with Crippen LogP contribution in [0.5, 0.6) is 0 Å². The zero-order valence-corrected chi connectivity index (χ0v) is 8.77. The Morgan fingerprint density at radius 3 is 2.11 bits per heavy atom. The van der Waals surface area contributed by atoms with Gasteiger partial charge in [-0.15, -0.1) is 0 Å². The third-order valence-electron chi connectivity index (χ3n) is 0.689. The Morgan fingerprint density at radius 1 is 1.78 bits per heavy atom. The maximum Gasteiger partial charge on any atom is 1.00 e. The van der Waals surface area contributed by atoms with Crippen molar-refractivity contribution < 1.29 is 43.8 Å². The summed E-state index contributed by atoms with van der Waals surface area (Å²) in [4.78, 5) is 10.4. The minimum absolute atomic E-state index is 0. The quantitative estimate of drug-likeness (QED) is 0.251. The maximum atomic E-state index is 10.4. The van der Waals surface area contributed by atoms with E-state index in [-0.39, 0.29) is 35.1 Å². The number of ether oxygens (including phenoxy) is 1. The minimum atomic E-state index is -3.42. The molecular weight excluding hydrogens is 150 g/mol. The summed E-state index contributed by atoms with van der Waals surface area (Å²) in [6.45, 7) is 4.21. The summed E-state index contributed by atoms with van der Waals surface area (Å²) in [6.07, 6.45) is 0. The molecule has 1 unspecified atom stereocenters. The zero-order chi connectivity index (χ0) is 6.78. The Morgan fingerprint density at radius 2 is 2.11 bits per heavy atom. The zero-order valence-electron chi connectivity index (χ0n) is 5.88. The van der Waals surface area contributed by atoms with Crippen molar-refractivity contribution in [2.24, 2.45) is 0 Å². The van der Waals surface area contributed by atoms with Gasteiger partial charge in [-0.2, -0.15) is 0 Å². The first kappa shape index (κ1) is 12.4. The van der Waals surface area contributed by atoms with E-state index in [0.29, 0.717) is 0 Å². The molecule has 48 valence electrons. The average molecular weight is 158 g/mol. The number of hydrogen-bond donors (Lipinski definition) is 0. The van der Waals surface area contributed by atoms with Crippen LogP contribution in [0.1, 0.15) is 0 Å². The maximum absolute atomic E-state index is 10.4. The molecule has 0 heterocycles. The Balaban J connectivity index is 0. The molecule has 0 bridgehead atoms. The van der Waals surface area contributed by atoms with E-state index in [0.717, 1.165) is 6.66 Å². The fourth-order valence-electron chi connectivity index (χ4n) is 0.166. The van der Waals surface area contributed by atoms with Crippen molar-refractivity contribution >= 4 is 7.37 Å². The molecule has 3 nitrogen and oxygen atoms in total. The fourth-order valence-corrected chi connectivity index (χ4v) is 0.497. The summed E-state index contributed by atoms with van der Waals surface area (Å²) in [7, 11) is -2.15. The second-order valence-electron chi connectivity index (χ2n) is 1.44. The number of hydrogen-bond acceptors (Lipinski definition) is 3. The molecule has 9 heavy (non-hydrogen) atoms. The van der Waals surface area contributed by atoms with E-state index in [2.05, 4.69) is 11.3 Å². The molecule has 0 aliphatic carbocycles. The number of rotatable bonds is 2. The average Bonchev–Trinajstić information content (AvgIpc) is 1.62. The Hall–Kier alpha value is 0.730. The first-order chi connectivity index (χ1) is 3.48. The van der Waals surface area contributed by atoms with E-state index >= 15 is 0 Å². The van der Waals surface area contributed by atoms with Crippen LogP contribution in [-0.4, -0.2) is 13.8 Å². The SMILES string of the molecule is C=C(OC)P(C)(=O)[O-].[Na+]. The monoisotopic (exact) mass is 158 g/mol. The molecule has 0 spiro atoms. The van der Waals surface area contributed by atoms with Gasteiger partial charge in [-0.25, -0.2) is 0 Å². The topological polar surface area (TPSA) is 49.4 Å². The van der Waals surface area contributed by atoms with Crippen LogP contribution in [-0.2, 0) is 9.30 Å². The van der Waals surface area contributed by atoms with E-state index in [1.807, 2.05) is 0 Å². The summed E-state index contributed by atoms with van der Waals surface area (Å²) in [5, 5.41) is 0. The molecule has 5 heteroatoms. The molecule has 0 aliphatic rings. The summed E-state index contributed by atoms with van der Waals surface area (Å²) in [5.41, 5.74) is -0.169. The summed E-state index contributed by atoms with van der Waals surface area (Å²) < 4.78 is 14.7. The largest absolute Gasteiger partial charge is 1.00 e. The van der Waals surface area contributed by atoms with E-state index in [4.69, 9.17) is 0 Å². The van der Waals surface area contributed by atoms with Crippen molar-refractivity contribution in [3.63, 3.8) is 0 Å². The molecule has 0 rings (SSSR count). The van der Waals surface area contributed by atoms with Gasteiger partial charge in [0.25, 0.3) is 0 Å². The van der Waals surface area contributed by atoms with Crippen LogP contribution in [0.15, 0.2) is 12.1 Å². The standard InChI is InChI=1S/C4H9O3P.Na/c1-4(7-2)8(3,5)6;/h1H2,2-3H3,(H,5,6);/q;+1/p-1. The Labute approximate surface area is 76.8 Å². The second kappa shape index (κ2) is 4.53. The Kier molecular flexibility index (Phi) is 6.25. The van der Waals surface area contributed by atoms with Gasteiger partial charge in [-0.1, -0.05) is 6.58 Å². The molecule has 0 fully saturated rings. The van der Waals surface area contributed by atoms with Gasteiger partial charge in [0, 0.05) is 0 Å². The van der Waals surface area contributed by atoms with E-state index in [9.17, 15) is 9.46 Å². The Bertz CT molecular complexity index is 139. The van der Waals surface area contributed by atoms with Crippen molar-refractivity contribution in [1.82, 2.24) is 0 Å². The first-order valence-electron chi connectivity index (χ1n) is 2.00. The summed E-state index contributed by atoms with van der Waals surface area (Å²) in [5.74, 6) is 0. The third-order valence-corrected chi connectivity index (χ3v) is 1.78. The van der Waals surface area contributed by atoms with Gasteiger partial charge in [-0.05, 0) is 6.66 Å². The third kappa shape index (κ3) is 5.19. The molecule has 0 amide bonds. The van der Waals surface area contributed by atoms with Crippen LogP contribution in [0.25, 0.3) is 0 Å². The summed E-state index contributed by atoms with van der Waals surface area (Å²) >= 11 is 0. The van der Waals surface area contributed by atoms with Gasteiger partial charge >= 0.3 is 29.6 Å². The molecule has 0 saturated carbocycles. The molecule has 0 aromatic rings. The minimum Gasteiger partial charge on any atom is -0.794 e. The number of methoxy groups -OCH3 is 1. The van der Waals surface area contributed by atoms with Gasteiger partial charge in [0.2, 0.25) is 0 Å². The van der Waals surface area contributed by atoms with Gasteiger partial charge in [0.1, 0.15) is 5.50 Å². The van der Waals surface area contributed by atoms with E-state index in [1.165, 1.54) is 7.11 Å². The molecule has 1 atom stereocenters. The van der Waals surface area contributed by atoms with Crippen LogP contribution in [0, 0.1) is 0 Å². The molecule has 0 aromatic heterocycles. The van der Waals surface area contributed by atoms with Gasteiger partial charge in [-0.3, -0.25) is 0 Å². The van der Waals surface area contributed by atoms with Gasteiger partial charge in [0.15, 0.2) is 0 Å². The molecule has 0 N–H and O–H groups in total. The van der Waals surface area contributed by atoms with Gasteiger partial charge in [0.05, 0.1) is 14.5 Å². The predicted molar refractivity (Wildman–Crippen MR) is 29.7 cm³/mol. The van der Waals surface area contributed by atoms with Crippen LogP contribution in [0.2, 0.25) is 0 Å². The molecule has 0 aromatic carbocycles. The normalized spacial score (nSPS) is 15.0. The van der Waals surface area contributed by atoms with Crippen LogP contribution in [0.3, 0.4) is 0 Å². The molecule has 0 saturated heterocycles. The van der Waals surface area contributed by atoms with Crippen LogP contribution < -0.4 is 34.5 Å². The second-order valence-corrected chi connectivity index (χ2v) is 3.63. The van der Waals surface area contributed by atoms with Crippen molar-refractivity contribution in [2.75, 3.05) is 13.8 Å². The predicted octanol–water partition coefficient (Wildman–Crippen LogP) is -2.62. The van der Waals surface area contributed by atoms with Crippen molar-refractivity contribution in [2.45, 2.75) is 0 Å².